The van der Waals surface area contributed by atoms with Crippen LogP contribution in [-0.2, 0) is 6.54 Å². The molecule has 2 rings (SSSR count). The molecule has 1 atom stereocenters. The van der Waals surface area contributed by atoms with Gasteiger partial charge in [0.1, 0.15) is 0 Å². The highest BCUT2D eigenvalue weighted by atomic mass is 32.1. The largest absolute Gasteiger partial charge is 0.505 e. The second kappa shape index (κ2) is 5.50. The molecule has 0 fully saturated rings. The van der Waals surface area contributed by atoms with Crippen molar-refractivity contribution in [1.82, 2.24) is 5.32 Å². The summed E-state index contributed by atoms with van der Waals surface area (Å²) in [6, 6.07) is 8.90. The molecule has 0 amide bonds. The normalized spacial score (nSPS) is 12.6. The van der Waals surface area contributed by atoms with Crippen molar-refractivity contribution in [3.63, 3.8) is 0 Å². The minimum Gasteiger partial charge on any atom is -0.505 e. The molecule has 1 unspecified atom stereocenters. The van der Waals surface area contributed by atoms with Crippen molar-refractivity contribution in [1.29, 1.82) is 0 Å². The summed E-state index contributed by atoms with van der Waals surface area (Å²) in [4.78, 5) is 2.56. The molecule has 4 heteroatoms. The van der Waals surface area contributed by atoms with E-state index >= 15 is 0 Å². The standard InChI is InChI=1S/C14H16FNOS/c1-9-3-6-14(18-9)10(2)16-8-11-4-5-13(17)12(15)7-11/h3-7,10,16-17H,8H2,1-2H3. The van der Waals surface area contributed by atoms with Gasteiger partial charge in [0.05, 0.1) is 0 Å². The average Bonchev–Trinajstić information content (AvgIpc) is 2.77. The molecule has 2 N–H and O–H groups in total. The molecule has 0 radical (unpaired) electrons. The molecule has 0 spiro atoms. The van der Waals surface area contributed by atoms with E-state index < -0.39 is 5.82 Å². The van der Waals surface area contributed by atoms with Crippen LogP contribution in [0.15, 0.2) is 30.3 Å². The molecule has 0 saturated carbocycles. The Labute approximate surface area is 110 Å². The number of phenols is 1. The third kappa shape index (κ3) is 3.09. The predicted octanol–water partition coefficient (Wildman–Crippen LogP) is 3.75. The van der Waals surface area contributed by atoms with Crippen LogP contribution in [0.1, 0.15) is 28.3 Å². The van der Waals surface area contributed by atoms with Gasteiger partial charge in [-0.15, -0.1) is 11.3 Å². The lowest BCUT2D eigenvalue weighted by Crippen LogP contribution is -2.17. The Morgan fingerprint density at radius 1 is 1.33 bits per heavy atom. The number of benzene rings is 1. The number of thiophene rings is 1. The fourth-order valence-corrected chi connectivity index (χ4v) is 2.62. The number of nitrogens with one attached hydrogen (secondary N) is 1. The van der Waals surface area contributed by atoms with Crippen molar-refractivity contribution in [2.45, 2.75) is 26.4 Å². The first-order valence-corrected chi connectivity index (χ1v) is 6.65. The number of hydrogen-bond acceptors (Lipinski definition) is 3. The lowest BCUT2D eigenvalue weighted by atomic mass is 10.2. The number of rotatable bonds is 4. The fraction of sp³-hybridized carbons (Fsp3) is 0.286. The van der Waals surface area contributed by atoms with E-state index in [1.165, 1.54) is 21.9 Å². The number of halogens is 1. The Bertz CT molecular complexity index is 538. The minimum atomic E-state index is -0.575. The Kier molecular flexibility index (Phi) is 3.99. The fourth-order valence-electron chi connectivity index (χ4n) is 1.72. The highest BCUT2D eigenvalue weighted by molar-refractivity contribution is 7.12. The van der Waals surface area contributed by atoms with Gasteiger partial charge in [0.15, 0.2) is 11.6 Å². The van der Waals surface area contributed by atoms with Crippen molar-refractivity contribution in [2.24, 2.45) is 0 Å². The summed E-state index contributed by atoms with van der Waals surface area (Å²) in [5, 5.41) is 12.4. The van der Waals surface area contributed by atoms with E-state index in [2.05, 4.69) is 31.3 Å². The highest BCUT2D eigenvalue weighted by Gasteiger charge is 2.08. The van der Waals surface area contributed by atoms with Gasteiger partial charge in [0, 0.05) is 22.3 Å². The lowest BCUT2D eigenvalue weighted by molar-refractivity contribution is 0.431. The summed E-state index contributed by atoms with van der Waals surface area (Å²) in [7, 11) is 0. The van der Waals surface area contributed by atoms with Crippen LogP contribution in [0.5, 0.6) is 5.75 Å². The van der Waals surface area contributed by atoms with Crippen molar-refractivity contribution >= 4 is 11.3 Å². The van der Waals surface area contributed by atoms with Crippen LogP contribution in [0.3, 0.4) is 0 Å². The summed E-state index contributed by atoms with van der Waals surface area (Å²) < 4.78 is 13.2. The maximum Gasteiger partial charge on any atom is 0.165 e. The number of phenolic OH excluding ortho intramolecular Hbond substituents is 1. The molecule has 1 heterocycles. The first-order chi connectivity index (χ1) is 8.56. The quantitative estimate of drug-likeness (QED) is 0.882. The zero-order valence-corrected chi connectivity index (χ0v) is 11.2. The molecule has 2 aromatic rings. The monoisotopic (exact) mass is 265 g/mol. The van der Waals surface area contributed by atoms with Gasteiger partial charge in [0.25, 0.3) is 0 Å². The maximum absolute atomic E-state index is 13.2. The zero-order chi connectivity index (χ0) is 13.1. The van der Waals surface area contributed by atoms with E-state index in [1.54, 1.807) is 17.4 Å². The van der Waals surface area contributed by atoms with Crippen molar-refractivity contribution in [3.8, 4) is 5.75 Å². The van der Waals surface area contributed by atoms with Gasteiger partial charge in [-0.3, -0.25) is 0 Å². The van der Waals surface area contributed by atoms with Crippen LogP contribution < -0.4 is 5.32 Å². The topological polar surface area (TPSA) is 32.3 Å². The smallest absolute Gasteiger partial charge is 0.165 e. The number of hydrogen-bond donors (Lipinski definition) is 2. The third-order valence-corrected chi connectivity index (χ3v) is 4.00. The predicted molar refractivity (Wildman–Crippen MR) is 72.4 cm³/mol. The number of aromatic hydroxyl groups is 1. The van der Waals surface area contributed by atoms with Gasteiger partial charge in [-0.1, -0.05) is 6.07 Å². The Morgan fingerprint density at radius 3 is 2.72 bits per heavy atom. The van der Waals surface area contributed by atoms with Crippen molar-refractivity contribution in [3.05, 3.63) is 51.5 Å². The van der Waals surface area contributed by atoms with E-state index in [0.717, 1.165) is 5.56 Å². The van der Waals surface area contributed by atoms with Crippen LogP contribution in [0, 0.1) is 12.7 Å². The SMILES string of the molecule is Cc1ccc(C(C)NCc2ccc(O)c(F)c2)s1. The highest BCUT2D eigenvalue weighted by Crippen LogP contribution is 2.23. The van der Waals surface area contributed by atoms with E-state index in [0.29, 0.717) is 6.54 Å². The third-order valence-electron chi connectivity index (χ3n) is 2.81. The van der Waals surface area contributed by atoms with Gasteiger partial charge in [-0.05, 0) is 43.7 Å². The molecule has 96 valence electrons. The molecule has 0 aliphatic carbocycles. The van der Waals surface area contributed by atoms with Crippen molar-refractivity contribution < 1.29 is 9.50 Å². The van der Waals surface area contributed by atoms with E-state index in [4.69, 9.17) is 5.11 Å². The summed E-state index contributed by atoms with van der Waals surface area (Å²) >= 11 is 1.76. The van der Waals surface area contributed by atoms with Gasteiger partial charge in [-0.25, -0.2) is 4.39 Å². The molecule has 18 heavy (non-hydrogen) atoms. The summed E-state index contributed by atoms with van der Waals surface area (Å²) in [6.45, 7) is 4.74. The lowest BCUT2D eigenvalue weighted by Gasteiger charge is -2.12. The summed E-state index contributed by atoms with van der Waals surface area (Å²) in [6.07, 6.45) is 0. The van der Waals surface area contributed by atoms with Crippen LogP contribution >= 0.6 is 11.3 Å². The molecule has 0 saturated heterocycles. The molecule has 0 aliphatic heterocycles. The van der Waals surface area contributed by atoms with E-state index in [1.807, 2.05) is 0 Å². The maximum atomic E-state index is 13.2. The van der Waals surface area contributed by atoms with Crippen LogP contribution in [0.2, 0.25) is 0 Å². The number of aryl methyl sites for hydroxylation is 1. The Morgan fingerprint density at radius 2 is 2.11 bits per heavy atom. The average molecular weight is 265 g/mol. The first kappa shape index (κ1) is 13.1. The second-order valence-corrected chi connectivity index (χ2v) is 5.66. The van der Waals surface area contributed by atoms with Gasteiger partial charge < -0.3 is 10.4 Å². The van der Waals surface area contributed by atoms with Crippen LogP contribution in [0.25, 0.3) is 0 Å². The summed E-state index contributed by atoms with van der Waals surface area (Å²) in [5.74, 6) is -0.880. The molecule has 0 aliphatic rings. The molecule has 1 aromatic heterocycles. The molecule has 1 aromatic carbocycles. The first-order valence-electron chi connectivity index (χ1n) is 5.83. The van der Waals surface area contributed by atoms with Gasteiger partial charge in [-0.2, -0.15) is 0 Å². The van der Waals surface area contributed by atoms with Gasteiger partial charge >= 0.3 is 0 Å². The Hall–Kier alpha value is -1.39. The Balaban J connectivity index is 1.97. The zero-order valence-electron chi connectivity index (χ0n) is 10.4. The molecule has 0 bridgehead atoms. The summed E-state index contributed by atoms with van der Waals surface area (Å²) in [5.41, 5.74) is 0.824. The van der Waals surface area contributed by atoms with Crippen LogP contribution in [0.4, 0.5) is 4.39 Å². The minimum absolute atomic E-state index is 0.237. The molecular weight excluding hydrogens is 249 g/mol. The van der Waals surface area contributed by atoms with E-state index in [-0.39, 0.29) is 11.8 Å². The molecule has 2 nitrogen and oxygen atoms in total. The van der Waals surface area contributed by atoms with E-state index in [9.17, 15) is 4.39 Å². The van der Waals surface area contributed by atoms with Crippen LogP contribution in [-0.4, -0.2) is 5.11 Å². The van der Waals surface area contributed by atoms with Crippen molar-refractivity contribution in [2.75, 3.05) is 0 Å². The van der Waals surface area contributed by atoms with Gasteiger partial charge in [0.2, 0.25) is 0 Å². The second-order valence-electron chi connectivity index (χ2n) is 4.34. The molecular formula is C14H16FNOS.